The minimum atomic E-state index is -0.396. The van der Waals surface area contributed by atoms with Gasteiger partial charge in [-0.05, 0) is 25.0 Å². The molecule has 0 radical (unpaired) electrons. The van der Waals surface area contributed by atoms with Crippen LogP contribution in [0.1, 0.15) is 31.4 Å². The van der Waals surface area contributed by atoms with Gasteiger partial charge in [0, 0.05) is 12.6 Å². The van der Waals surface area contributed by atoms with Gasteiger partial charge in [-0.2, -0.15) is 0 Å². The molecule has 1 saturated carbocycles. The molecule has 1 aliphatic carbocycles. The third-order valence-electron chi connectivity index (χ3n) is 4.74. The second-order valence-electron chi connectivity index (χ2n) is 6.23. The smallest absolute Gasteiger partial charge is 0.163 e. The summed E-state index contributed by atoms with van der Waals surface area (Å²) >= 11 is 6.34. The number of nitrogens with two attached hydrogens (primary N) is 1. The quantitative estimate of drug-likeness (QED) is 0.783. The van der Waals surface area contributed by atoms with Crippen LogP contribution in [-0.4, -0.2) is 19.5 Å². The normalized spacial score (nSPS) is 17.0. The van der Waals surface area contributed by atoms with Gasteiger partial charge < -0.3 is 10.3 Å². The van der Waals surface area contributed by atoms with Gasteiger partial charge in [-0.25, -0.2) is 15.0 Å². The Morgan fingerprint density at radius 2 is 1.91 bits per heavy atom. The van der Waals surface area contributed by atoms with E-state index in [2.05, 4.69) is 9.97 Å². The van der Waals surface area contributed by atoms with Gasteiger partial charge in [0.1, 0.15) is 17.7 Å². The van der Waals surface area contributed by atoms with Crippen LogP contribution in [0, 0.1) is 0 Å². The molecule has 3 aromatic rings. The molecule has 23 heavy (non-hydrogen) atoms. The van der Waals surface area contributed by atoms with E-state index in [-0.39, 0.29) is 0 Å². The summed E-state index contributed by atoms with van der Waals surface area (Å²) in [6, 6.07) is 7.69. The largest absolute Gasteiger partial charge is 0.320 e. The third kappa shape index (κ3) is 2.23. The zero-order valence-electron chi connectivity index (χ0n) is 13.0. The van der Waals surface area contributed by atoms with E-state index < -0.39 is 5.54 Å². The lowest BCUT2D eigenvalue weighted by atomic mass is 9.94. The highest BCUT2D eigenvalue weighted by Crippen LogP contribution is 2.38. The van der Waals surface area contributed by atoms with Crippen LogP contribution < -0.4 is 5.73 Å². The highest BCUT2D eigenvalue weighted by atomic mass is 35.5. The molecule has 118 valence electrons. The highest BCUT2D eigenvalue weighted by molar-refractivity contribution is 6.33. The van der Waals surface area contributed by atoms with Crippen LogP contribution in [0.3, 0.4) is 0 Å². The predicted octanol–water partition coefficient (Wildman–Crippen LogP) is 3.41. The maximum atomic E-state index is 6.61. The molecule has 1 aromatic carbocycles. The SMILES string of the molecule is Cn1c(-c2ccccc2Cl)nc2c(C3(N)CCCC3)ncnc21. The topological polar surface area (TPSA) is 69.6 Å². The molecule has 0 aliphatic heterocycles. The molecule has 0 atom stereocenters. The van der Waals surface area contributed by atoms with E-state index in [1.54, 1.807) is 6.33 Å². The standard InChI is InChI=1S/C17H18ClN5/c1-23-15(11-6-2-3-7-12(11)18)22-13-14(20-10-21-16(13)23)17(19)8-4-5-9-17/h2-3,6-7,10H,4-5,8-9,19H2,1H3. The van der Waals surface area contributed by atoms with E-state index >= 15 is 0 Å². The van der Waals surface area contributed by atoms with Gasteiger partial charge in [-0.3, -0.25) is 0 Å². The number of benzene rings is 1. The van der Waals surface area contributed by atoms with Gasteiger partial charge in [-0.1, -0.05) is 36.6 Å². The Morgan fingerprint density at radius 1 is 1.17 bits per heavy atom. The molecule has 5 nitrogen and oxygen atoms in total. The van der Waals surface area contributed by atoms with E-state index in [1.165, 1.54) is 0 Å². The predicted molar refractivity (Wildman–Crippen MR) is 91.1 cm³/mol. The number of nitrogens with zero attached hydrogens (tertiary/aromatic N) is 4. The summed E-state index contributed by atoms with van der Waals surface area (Å²) in [5.74, 6) is 0.786. The van der Waals surface area contributed by atoms with Gasteiger partial charge in [-0.15, -0.1) is 0 Å². The van der Waals surface area contributed by atoms with Crippen molar-refractivity contribution in [2.45, 2.75) is 31.2 Å². The van der Waals surface area contributed by atoms with Gasteiger partial charge in [0.2, 0.25) is 0 Å². The fourth-order valence-corrected chi connectivity index (χ4v) is 3.71. The summed E-state index contributed by atoms with van der Waals surface area (Å²) in [7, 11) is 1.95. The van der Waals surface area contributed by atoms with Crippen LogP contribution in [0.4, 0.5) is 0 Å². The van der Waals surface area contributed by atoms with Crippen LogP contribution in [0.2, 0.25) is 5.02 Å². The van der Waals surface area contributed by atoms with Gasteiger partial charge in [0.05, 0.1) is 16.3 Å². The van der Waals surface area contributed by atoms with Gasteiger partial charge >= 0.3 is 0 Å². The molecular formula is C17H18ClN5. The first kappa shape index (κ1) is 14.6. The summed E-state index contributed by atoms with van der Waals surface area (Å²) in [5, 5.41) is 0.670. The summed E-state index contributed by atoms with van der Waals surface area (Å²) < 4.78 is 1.96. The Morgan fingerprint density at radius 3 is 2.65 bits per heavy atom. The van der Waals surface area contributed by atoms with E-state index in [1.807, 2.05) is 35.9 Å². The number of halogens is 1. The molecule has 0 amide bonds. The zero-order chi connectivity index (χ0) is 16.0. The van der Waals surface area contributed by atoms with Crippen molar-refractivity contribution in [2.75, 3.05) is 0 Å². The lowest BCUT2D eigenvalue weighted by molar-refractivity contribution is 0.450. The Balaban J connectivity index is 1.96. The van der Waals surface area contributed by atoms with Crippen LogP contribution in [0.15, 0.2) is 30.6 Å². The van der Waals surface area contributed by atoms with E-state index in [0.29, 0.717) is 5.02 Å². The minimum Gasteiger partial charge on any atom is -0.320 e. The van der Waals surface area contributed by atoms with Crippen molar-refractivity contribution in [3.8, 4) is 11.4 Å². The number of aryl methyl sites for hydroxylation is 1. The van der Waals surface area contributed by atoms with E-state index in [9.17, 15) is 0 Å². The lowest BCUT2D eigenvalue weighted by Crippen LogP contribution is -2.34. The Hall–Kier alpha value is -1.98. The lowest BCUT2D eigenvalue weighted by Gasteiger charge is -2.22. The van der Waals surface area contributed by atoms with E-state index in [0.717, 1.165) is 53.9 Å². The minimum absolute atomic E-state index is 0.396. The maximum absolute atomic E-state index is 6.61. The molecule has 6 heteroatoms. The van der Waals surface area contributed by atoms with Crippen LogP contribution in [-0.2, 0) is 12.6 Å². The third-order valence-corrected chi connectivity index (χ3v) is 5.07. The summed E-state index contributed by atoms with van der Waals surface area (Å²) in [4.78, 5) is 13.7. The summed E-state index contributed by atoms with van der Waals surface area (Å²) in [6.45, 7) is 0. The van der Waals surface area contributed by atoms with Gasteiger partial charge in [0.15, 0.2) is 5.65 Å². The number of imidazole rings is 1. The zero-order valence-corrected chi connectivity index (χ0v) is 13.7. The second-order valence-corrected chi connectivity index (χ2v) is 6.64. The molecular weight excluding hydrogens is 310 g/mol. The van der Waals surface area contributed by atoms with Crippen molar-refractivity contribution < 1.29 is 0 Å². The number of hydrogen-bond acceptors (Lipinski definition) is 4. The van der Waals surface area contributed by atoms with Crippen molar-refractivity contribution in [3.63, 3.8) is 0 Å². The van der Waals surface area contributed by atoms with Crippen molar-refractivity contribution in [1.29, 1.82) is 0 Å². The van der Waals surface area contributed by atoms with Crippen LogP contribution >= 0.6 is 11.6 Å². The van der Waals surface area contributed by atoms with Crippen molar-refractivity contribution >= 4 is 22.8 Å². The average molecular weight is 328 g/mol. The first-order valence-corrected chi connectivity index (χ1v) is 8.20. The molecule has 0 spiro atoms. The Bertz CT molecular complexity index is 880. The van der Waals surface area contributed by atoms with Crippen LogP contribution in [0.25, 0.3) is 22.6 Å². The molecule has 0 bridgehead atoms. The molecule has 1 aliphatic rings. The fraction of sp³-hybridized carbons (Fsp3) is 0.353. The van der Waals surface area contributed by atoms with E-state index in [4.69, 9.17) is 22.3 Å². The monoisotopic (exact) mass is 327 g/mol. The Labute approximate surface area is 139 Å². The van der Waals surface area contributed by atoms with Crippen molar-refractivity contribution in [1.82, 2.24) is 19.5 Å². The second kappa shape index (κ2) is 5.28. The Kier molecular flexibility index (Phi) is 3.36. The van der Waals surface area contributed by atoms with Gasteiger partial charge in [0.25, 0.3) is 0 Å². The molecule has 0 saturated heterocycles. The fourth-order valence-electron chi connectivity index (χ4n) is 3.49. The maximum Gasteiger partial charge on any atom is 0.163 e. The number of hydrogen-bond donors (Lipinski definition) is 1. The summed E-state index contributed by atoms with van der Waals surface area (Å²) in [6.07, 6.45) is 5.73. The number of rotatable bonds is 2. The first-order chi connectivity index (χ1) is 11.1. The number of aromatic nitrogens is 4. The average Bonchev–Trinajstić information content (AvgIpc) is 3.13. The molecule has 4 rings (SSSR count). The van der Waals surface area contributed by atoms with Crippen LogP contribution in [0.5, 0.6) is 0 Å². The number of fused-ring (bicyclic) bond motifs is 1. The molecule has 1 fully saturated rings. The molecule has 2 aromatic heterocycles. The molecule has 2 N–H and O–H groups in total. The summed E-state index contributed by atoms with van der Waals surface area (Å²) in [5.41, 5.74) is 9.54. The van der Waals surface area contributed by atoms with Crippen molar-refractivity contribution in [3.05, 3.63) is 41.3 Å². The van der Waals surface area contributed by atoms with Crippen molar-refractivity contribution in [2.24, 2.45) is 12.8 Å². The molecule has 2 heterocycles. The first-order valence-electron chi connectivity index (χ1n) is 7.82. The molecule has 0 unspecified atom stereocenters. The highest BCUT2D eigenvalue weighted by Gasteiger charge is 2.35.